The van der Waals surface area contributed by atoms with Gasteiger partial charge in [0.25, 0.3) is 5.91 Å². The van der Waals surface area contributed by atoms with Gasteiger partial charge in [-0.15, -0.1) is 0 Å². The molecule has 1 saturated heterocycles. The zero-order chi connectivity index (χ0) is 22.8. The summed E-state index contributed by atoms with van der Waals surface area (Å²) in [5.74, 6) is 0.619. The van der Waals surface area contributed by atoms with Gasteiger partial charge in [0, 0.05) is 31.6 Å². The van der Waals surface area contributed by atoms with Crippen LogP contribution in [0.15, 0.2) is 46.9 Å². The number of anilines is 1. The number of rotatable bonds is 7. The molecule has 172 valence electrons. The first-order valence-electron chi connectivity index (χ1n) is 10.9. The summed E-state index contributed by atoms with van der Waals surface area (Å²) >= 11 is 7.81. The molecule has 5 rings (SSSR count). The van der Waals surface area contributed by atoms with Crippen LogP contribution in [0.1, 0.15) is 17.0 Å². The summed E-state index contributed by atoms with van der Waals surface area (Å²) in [6.45, 7) is 4.72. The maximum Gasteiger partial charge on any atom is 0.295 e. The lowest BCUT2D eigenvalue weighted by Gasteiger charge is -2.27. The van der Waals surface area contributed by atoms with E-state index in [1.807, 2.05) is 36.4 Å². The fraction of sp³-hybridized carbons (Fsp3) is 0.333. The van der Waals surface area contributed by atoms with Gasteiger partial charge in [-0.3, -0.25) is 14.6 Å². The quantitative estimate of drug-likeness (QED) is 0.364. The van der Waals surface area contributed by atoms with Crippen LogP contribution in [-0.4, -0.2) is 62.3 Å². The third-order valence-electron chi connectivity index (χ3n) is 5.73. The molecule has 3 heterocycles. The molecule has 33 heavy (non-hydrogen) atoms. The van der Waals surface area contributed by atoms with Gasteiger partial charge in [-0.2, -0.15) is 0 Å². The molecule has 2 aromatic carbocycles. The van der Waals surface area contributed by atoms with Crippen molar-refractivity contribution >= 4 is 55.2 Å². The van der Waals surface area contributed by atoms with Gasteiger partial charge in [-0.1, -0.05) is 41.1 Å². The number of carbonyl (C=O) groups is 1. The number of furan rings is 1. The van der Waals surface area contributed by atoms with Crippen LogP contribution in [-0.2, 0) is 4.74 Å². The first kappa shape index (κ1) is 22.2. The number of fused-ring (bicyclic) bond motifs is 2. The second-order valence-corrected chi connectivity index (χ2v) is 9.25. The highest BCUT2D eigenvalue weighted by Gasteiger charge is 2.25. The number of benzene rings is 2. The van der Waals surface area contributed by atoms with Crippen LogP contribution >= 0.6 is 22.9 Å². The van der Waals surface area contributed by atoms with Gasteiger partial charge < -0.3 is 13.9 Å². The normalized spacial score (nSPS) is 14.7. The zero-order valence-electron chi connectivity index (χ0n) is 18.3. The number of nitrogens with zero attached hydrogens (tertiary/aromatic N) is 3. The number of halogens is 1. The van der Waals surface area contributed by atoms with Gasteiger partial charge in [-0.05, 0) is 30.7 Å². The minimum Gasteiger partial charge on any atom is -0.493 e. The average Bonchev–Trinajstić information content (AvgIpc) is 3.47. The third kappa shape index (κ3) is 4.56. The van der Waals surface area contributed by atoms with Crippen molar-refractivity contribution in [2.45, 2.75) is 6.42 Å². The molecule has 0 radical (unpaired) electrons. The van der Waals surface area contributed by atoms with Gasteiger partial charge >= 0.3 is 0 Å². The summed E-state index contributed by atoms with van der Waals surface area (Å²) in [5.41, 5.74) is 1.26. The van der Waals surface area contributed by atoms with Crippen LogP contribution in [0.5, 0.6) is 5.75 Å². The van der Waals surface area contributed by atoms with Crippen molar-refractivity contribution in [2.75, 3.05) is 51.4 Å². The highest BCUT2D eigenvalue weighted by atomic mass is 35.5. The SMILES string of the molecule is COc1cccc2cc(C(=O)N(CCCN3CCOCC3)c3nc4c(Cl)cccc4s3)oc12. The van der Waals surface area contributed by atoms with Crippen molar-refractivity contribution in [3.63, 3.8) is 0 Å². The Morgan fingerprint density at radius 2 is 2.06 bits per heavy atom. The molecule has 0 bridgehead atoms. The number of methoxy groups -OCH3 is 1. The smallest absolute Gasteiger partial charge is 0.295 e. The van der Waals surface area contributed by atoms with E-state index in [-0.39, 0.29) is 11.7 Å². The Balaban J connectivity index is 1.45. The van der Waals surface area contributed by atoms with Gasteiger partial charge in [0.1, 0.15) is 5.52 Å². The number of thiazole rings is 1. The second kappa shape index (κ2) is 9.69. The van der Waals surface area contributed by atoms with E-state index in [4.69, 9.17) is 30.5 Å². The lowest BCUT2D eigenvalue weighted by atomic mass is 10.2. The summed E-state index contributed by atoms with van der Waals surface area (Å²) in [7, 11) is 1.58. The number of ether oxygens (including phenoxy) is 2. The number of morpholine rings is 1. The van der Waals surface area contributed by atoms with E-state index >= 15 is 0 Å². The molecule has 9 heteroatoms. The van der Waals surface area contributed by atoms with Gasteiger partial charge in [0.2, 0.25) is 0 Å². The Morgan fingerprint density at radius 1 is 1.24 bits per heavy atom. The van der Waals surface area contributed by atoms with E-state index in [1.165, 1.54) is 11.3 Å². The second-order valence-electron chi connectivity index (χ2n) is 7.84. The van der Waals surface area contributed by atoms with Crippen molar-refractivity contribution in [1.29, 1.82) is 0 Å². The number of hydrogen-bond donors (Lipinski definition) is 0. The highest BCUT2D eigenvalue weighted by Crippen LogP contribution is 2.35. The number of aromatic nitrogens is 1. The molecule has 0 aliphatic carbocycles. The van der Waals surface area contributed by atoms with Crippen molar-refractivity contribution < 1.29 is 18.7 Å². The molecule has 2 aromatic heterocycles. The van der Waals surface area contributed by atoms with E-state index in [0.717, 1.165) is 49.4 Å². The maximum atomic E-state index is 13.6. The molecular weight excluding hydrogens is 462 g/mol. The Bertz CT molecular complexity index is 1280. The molecule has 0 N–H and O–H groups in total. The topological polar surface area (TPSA) is 68.0 Å². The van der Waals surface area contributed by atoms with Crippen molar-refractivity contribution in [3.8, 4) is 5.75 Å². The van der Waals surface area contributed by atoms with Crippen molar-refractivity contribution in [1.82, 2.24) is 9.88 Å². The maximum absolute atomic E-state index is 13.6. The molecule has 1 amide bonds. The Kier molecular flexibility index (Phi) is 6.50. The number of hydrogen-bond acceptors (Lipinski definition) is 7. The summed E-state index contributed by atoms with van der Waals surface area (Å²) in [6, 6.07) is 13.0. The lowest BCUT2D eigenvalue weighted by molar-refractivity contribution is 0.0376. The fourth-order valence-corrected chi connectivity index (χ4v) is 5.31. The molecule has 0 unspecified atom stereocenters. The van der Waals surface area contributed by atoms with Crippen molar-refractivity contribution in [2.24, 2.45) is 0 Å². The standard InChI is InChI=1S/C24H24ClN3O4S/c1-30-18-7-2-5-16-15-19(32-22(16)18)23(29)28(10-4-9-27-11-13-31-14-12-27)24-26-21-17(25)6-3-8-20(21)33-24/h2-3,5-8,15H,4,9-14H2,1H3. The van der Waals surface area contributed by atoms with Crippen LogP contribution in [0.4, 0.5) is 5.13 Å². The number of carbonyl (C=O) groups excluding carboxylic acids is 1. The zero-order valence-corrected chi connectivity index (χ0v) is 19.8. The van der Waals surface area contributed by atoms with Gasteiger partial charge in [0.05, 0.1) is 30.0 Å². The molecule has 7 nitrogen and oxygen atoms in total. The number of para-hydroxylation sites is 2. The molecule has 0 spiro atoms. The summed E-state index contributed by atoms with van der Waals surface area (Å²) in [6.07, 6.45) is 0.805. The van der Waals surface area contributed by atoms with E-state index in [9.17, 15) is 4.79 Å². The minimum atomic E-state index is -0.231. The average molecular weight is 486 g/mol. The molecule has 0 saturated carbocycles. The number of amides is 1. The van der Waals surface area contributed by atoms with Crippen LogP contribution in [0.3, 0.4) is 0 Å². The largest absolute Gasteiger partial charge is 0.493 e. The Labute approximate surface area is 200 Å². The monoisotopic (exact) mass is 485 g/mol. The van der Waals surface area contributed by atoms with Crippen LogP contribution in [0.25, 0.3) is 21.2 Å². The highest BCUT2D eigenvalue weighted by molar-refractivity contribution is 7.22. The van der Waals surface area contributed by atoms with Crippen LogP contribution < -0.4 is 9.64 Å². The fourth-order valence-electron chi connectivity index (χ4n) is 4.02. The molecule has 1 aliphatic heterocycles. The summed E-state index contributed by atoms with van der Waals surface area (Å²) in [5, 5.41) is 2.00. The Hall–Kier alpha value is -2.65. The van der Waals surface area contributed by atoms with Crippen LogP contribution in [0.2, 0.25) is 5.02 Å². The van der Waals surface area contributed by atoms with E-state index in [0.29, 0.717) is 33.5 Å². The van der Waals surface area contributed by atoms with E-state index in [1.54, 1.807) is 18.1 Å². The molecule has 4 aromatic rings. The Morgan fingerprint density at radius 3 is 2.85 bits per heavy atom. The summed E-state index contributed by atoms with van der Waals surface area (Å²) < 4.78 is 17.7. The molecular formula is C24H24ClN3O4S. The molecule has 1 aliphatic rings. The lowest BCUT2D eigenvalue weighted by Crippen LogP contribution is -2.39. The van der Waals surface area contributed by atoms with Gasteiger partial charge in [-0.25, -0.2) is 4.98 Å². The molecule has 1 fully saturated rings. The first-order chi connectivity index (χ1) is 16.1. The predicted octanol–water partition coefficient (Wildman–Crippen LogP) is 5.07. The summed E-state index contributed by atoms with van der Waals surface area (Å²) in [4.78, 5) is 22.4. The minimum absolute atomic E-state index is 0.231. The van der Waals surface area contributed by atoms with Gasteiger partial charge in [0.15, 0.2) is 22.2 Å². The van der Waals surface area contributed by atoms with Crippen molar-refractivity contribution in [3.05, 3.63) is 53.2 Å². The predicted molar refractivity (Wildman–Crippen MR) is 131 cm³/mol. The van der Waals surface area contributed by atoms with E-state index in [2.05, 4.69) is 4.90 Å². The first-order valence-corrected chi connectivity index (χ1v) is 12.1. The van der Waals surface area contributed by atoms with E-state index < -0.39 is 0 Å². The molecule has 0 atom stereocenters. The third-order valence-corrected chi connectivity index (χ3v) is 7.08. The van der Waals surface area contributed by atoms with Crippen LogP contribution in [0, 0.1) is 0 Å².